The number of methoxy groups -OCH3 is 2. The number of allylic oxidation sites excluding steroid dienone is 12. The highest BCUT2D eigenvalue weighted by Crippen LogP contribution is 2.37. The maximum atomic E-state index is 13.1. The number of alkyl carbamates (subject to hydrolysis) is 1. The normalized spacial score (nSPS) is 29.7. The van der Waals surface area contributed by atoms with Crippen LogP contribution in [0.15, 0.2) is 110 Å². The van der Waals surface area contributed by atoms with Gasteiger partial charge in [0.15, 0.2) is 12.1 Å². The largest absolute Gasteiger partial charge is 0.461 e. The summed E-state index contributed by atoms with van der Waals surface area (Å²) in [6.07, 6.45) is 19.9. The predicted octanol–water partition coefficient (Wildman–Crippen LogP) is 4.54. The number of aliphatic hydroxyl groups excluding tert-OH is 4. The molecule has 14 heteroatoms. The lowest BCUT2D eigenvalue weighted by Gasteiger charge is -2.45. The Morgan fingerprint density at radius 3 is 1.95 bits per heavy atom. The van der Waals surface area contributed by atoms with Crippen LogP contribution < -0.4 is 5.32 Å². The molecule has 324 valence electrons. The summed E-state index contributed by atoms with van der Waals surface area (Å²) in [6, 6.07) is -1.19. The van der Waals surface area contributed by atoms with Gasteiger partial charge in [-0.15, -0.1) is 0 Å². The average molecular weight is 816 g/mol. The van der Waals surface area contributed by atoms with Gasteiger partial charge < -0.3 is 58.9 Å². The van der Waals surface area contributed by atoms with Gasteiger partial charge in [0, 0.05) is 38.9 Å². The molecule has 2 fully saturated rings. The summed E-state index contributed by atoms with van der Waals surface area (Å²) in [4.78, 5) is 25.4. The number of aliphatic hydroxyl groups is 4. The molecule has 2 heterocycles. The minimum atomic E-state index is -1.53. The van der Waals surface area contributed by atoms with Crippen molar-refractivity contribution in [3.05, 3.63) is 110 Å². The third-order valence-corrected chi connectivity index (χ3v) is 9.88. The fourth-order valence-corrected chi connectivity index (χ4v) is 6.21. The number of amides is 1. The molecule has 0 aromatic rings. The van der Waals surface area contributed by atoms with Crippen molar-refractivity contribution in [1.29, 1.82) is 0 Å². The van der Waals surface area contributed by atoms with Gasteiger partial charge in [-0.3, -0.25) is 4.79 Å². The Morgan fingerprint density at radius 2 is 1.40 bits per heavy atom. The third kappa shape index (κ3) is 17.1. The van der Waals surface area contributed by atoms with E-state index < -0.39 is 72.7 Å². The fraction of sp³-hybridized carbons (Fsp3) is 0.545. The molecule has 2 aliphatic heterocycles. The third-order valence-electron chi connectivity index (χ3n) is 9.88. The van der Waals surface area contributed by atoms with Crippen LogP contribution in [0.5, 0.6) is 0 Å². The number of hydrogen-bond acceptors (Lipinski definition) is 13. The quantitative estimate of drug-likeness (QED) is 0.0550. The van der Waals surface area contributed by atoms with E-state index in [2.05, 4.69) is 18.5 Å². The van der Waals surface area contributed by atoms with Crippen LogP contribution in [0.25, 0.3) is 0 Å². The summed E-state index contributed by atoms with van der Waals surface area (Å²) in [6.45, 7) is 14.2. The van der Waals surface area contributed by atoms with Crippen LogP contribution in [0.3, 0.4) is 0 Å². The van der Waals surface area contributed by atoms with E-state index in [4.69, 9.17) is 33.2 Å². The van der Waals surface area contributed by atoms with Crippen LogP contribution in [0.4, 0.5) is 4.79 Å². The van der Waals surface area contributed by atoms with Gasteiger partial charge in [-0.2, -0.15) is 0 Å². The molecule has 0 aromatic heterocycles. The highest BCUT2D eigenvalue weighted by atomic mass is 16.7. The van der Waals surface area contributed by atoms with Crippen LogP contribution in [-0.4, -0.2) is 127 Å². The van der Waals surface area contributed by atoms with Crippen LogP contribution in [0, 0.1) is 17.8 Å². The first-order chi connectivity index (χ1) is 27.7. The molecule has 6 unspecified atom stereocenters. The highest BCUT2D eigenvalue weighted by molar-refractivity contribution is 5.74. The van der Waals surface area contributed by atoms with Gasteiger partial charge in [0.05, 0.1) is 43.2 Å². The van der Waals surface area contributed by atoms with Gasteiger partial charge in [0.2, 0.25) is 0 Å². The molecule has 2 saturated heterocycles. The van der Waals surface area contributed by atoms with Gasteiger partial charge in [0.1, 0.15) is 31.3 Å². The van der Waals surface area contributed by atoms with E-state index in [-0.39, 0.29) is 50.6 Å². The fourth-order valence-electron chi connectivity index (χ4n) is 6.21. The Labute approximate surface area is 343 Å². The van der Waals surface area contributed by atoms with E-state index in [1.54, 1.807) is 38.3 Å². The van der Waals surface area contributed by atoms with E-state index in [0.29, 0.717) is 0 Å². The van der Waals surface area contributed by atoms with Crippen molar-refractivity contribution in [1.82, 2.24) is 5.32 Å². The molecule has 0 aromatic carbocycles. The van der Waals surface area contributed by atoms with Crippen molar-refractivity contribution in [2.75, 3.05) is 34.0 Å². The zero-order chi connectivity index (χ0) is 43.1. The van der Waals surface area contributed by atoms with Gasteiger partial charge in [-0.25, -0.2) is 4.79 Å². The lowest BCUT2D eigenvalue weighted by Crippen LogP contribution is -2.61. The molecule has 0 spiro atoms. The second-order valence-corrected chi connectivity index (χ2v) is 14.3. The second kappa shape index (κ2) is 26.9. The van der Waals surface area contributed by atoms with Crippen molar-refractivity contribution in [2.45, 2.75) is 101 Å². The number of esters is 1. The molecular weight excluding hydrogens is 750 g/mol. The zero-order valence-electron chi connectivity index (χ0n) is 34.6. The maximum absolute atomic E-state index is 13.1. The first kappa shape index (κ1) is 50.2. The molecule has 2 rings (SSSR count). The monoisotopic (exact) mass is 815 g/mol. The molecule has 0 bridgehead atoms. The van der Waals surface area contributed by atoms with Crippen molar-refractivity contribution in [3.63, 3.8) is 0 Å². The second-order valence-electron chi connectivity index (χ2n) is 14.3. The number of carbonyl (C=O) groups is 2. The maximum Gasteiger partial charge on any atom is 0.407 e. The van der Waals surface area contributed by atoms with E-state index >= 15 is 0 Å². The standard InChI is InChI=1S/C44H65NO13/c1-9-25-54-41(50)37-34(46)28-44(6,53-8)58-36(37)27-33(57-42-40(49)38(35(47)29-56-42)45-43(51)55-26-10-2)24-22-20-18-16-14-12-11-13-15-17-19-21-23-30(3)39(48)31(4)32(5)52-7/h9-24,30-40,42,46-49H,1-2,25-29H2,3-8H3,(H,45,51)/b12-11+,15-13+,16-14+,19-17+,20-18+,23-21+,24-22+/t30-,31-,32-,33?,34-,35?,36-,37?,38-,39?,40-,42?,44?/m0/s1. The number of hydrogen-bond donors (Lipinski definition) is 5. The molecule has 5 N–H and O–H groups in total. The van der Waals surface area contributed by atoms with Crippen LogP contribution in [-0.2, 0) is 38.0 Å². The zero-order valence-corrected chi connectivity index (χ0v) is 34.6. The molecule has 0 saturated carbocycles. The number of ether oxygens (including phenoxy) is 7. The predicted molar refractivity (Wildman–Crippen MR) is 220 cm³/mol. The number of carbonyl (C=O) groups excluding carboxylic acids is 2. The number of rotatable bonds is 23. The smallest absolute Gasteiger partial charge is 0.407 e. The molecule has 1 amide bonds. The van der Waals surface area contributed by atoms with Crippen molar-refractivity contribution >= 4 is 12.1 Å². The topological polar surface area (TPSA) is 192 Å². The SMILES string of the molecule is C=CCOC(=O)N[C@H]1C(O)COC(OC(/C=C/C=C/C=C/C=C/C=C/C=C/C=C/[C@H](C)C(O)[C@@H](C)[C@H](C)OC)C[C@@H]2OC(C)(OC)C[C@H](O)C2C(=O)OCC=C)[C@H]1O. The van der Waals surface area contributed by atoms with Gasteiger partial charge in [-0.1, -0.05) is 124 Å². The Hall–Kier alpha value is -3.96. The summed E-state index contributed by atoms with van der Waals surface area (Å²) in [5.41, 5.74) is 0. The first-order valence-electron chi connectivity index (χ1n) is 19.5. The van der Waals surface area contributed by atoms with Gasteiger partial charge in [-0.05, 0) is 13.8 Å². The highest BCUT2D eigenvalue weighted by Gasteiger charge is 2.49. The molecule has 2 aliphatic rings. The summed E-state index contributed by atoms with van der Waals surface area (Å²) < 4.78 is 39.2. The Bertz CT molecular complexity index is 1470. The summed E-state index contributed by atoms with van der Waals surface area (Å²) in [7, 11) is 3.07. The number of nitrogens with one attached hydrogen (secondary N) is 1. The van der Waals surface area contributed by atoms with Crippen molar-refractivity contribution in [2.24, 2.45) is 17.8 Å². The summed E-state index contributed by atoms with van der Waals surface area (Å²) in [5.74, 6) is -3.04. The van der Waals surface area contributed by atoms with E-state index in [1.807, 2.05) is 81.5 Å². The molecule has 58 heavy (non-hydrogen) atoms. The van der Waals surface area contributed by atoms with Gasteiger partial charge >= 0.3 is 12.1 Å². The van der Waals surface area contributed by atoms with E-state index in [0.717, 1.165) is 0 Å². The lowest BCUT2D eigenvalue weighted by atomic mass is 9.85. The van der Waals surface area contributed by atoms with Crippen LogP contribution >= 0.6 is 0 Å². The molecule has 0 radical (unpaired) electrons. The van der Waals surface area contributed by atoms with Gasteiger partial charge in [0.25, 0.3) is 0 Å². The van der Waals surface area contributed by atoms with Crippen molar-refractivity contribution < 1.29 is 63.2 Å². The average Bonchev–Trinajstić information content (AvgIpc) is 3.20. The summed E-state index contributed by atoms with van der Waals surface area (Å²) in [5, 5.41) is 45.7. The minimum absolute atomic E-state index is 0.000281. The summed E-state index contributed by atoms with van der Waals surface area (Å²) >= 11 is 0. The minimum Gasteiger partial charge on any atom is -0.461 e. The molecular formula is C44H65NO13. The van der Waals surface area contributed by atoms with Crippen LogP contribution in [0.1, 0.15) is 40.5 Å². The molecule has 14 nitrogen and oxygen atoms in total. The van der Waals surface area contributed by atoms with Crippen LogP contribution in [0.2, 0.25) is 0 Å². The Kier molecular flexibility index (Phi) is 23.3. The Balaban J connectivity index is 2.17. The van der Waals surface area contributed by atoms with E-state index in [1.165, 1.54) is 19.3 Å². The lowest BCUT2D eigenvalue weighted by molar-refractivity contribution is -0.300. The van der Waals surface area contributed by atoms with E-state index in [9.17, 15) is 30.0 Å². The molecule has 13 atom stereocenters. The first-order valence-corrected chi connectivity index (χ1v) is 19.5. The van der Waals surface area contributed by atoms with Crippen molar-refractivity contribution in [3.8, 4) is 0 Å². The molecule has 0 aliphatic carbocycles. The Morgan fingerprint density at radius 1 is 0.845 bits per heavy atom.